The molecule has 1 aliphatic rings. The van der Waals surface area contributed by atoms with E-state index in [9.17, 15) is 12.8 Å². The standard InChI is InChI=1S/C18H21FN2O2S/c1-14-12-16(8-9-17(14)19)24(22,23)21-11-10-20(2)18(13-21)15-6-4-3-5-7-15/h3-9,12,18H,10-11,13H2,1-2H3. The van der Waals surface area contributed by atoms with Crippen LogP contribution in [0.15, 0.2) is 53.4 Å². The predicted octanol–water partition coefficient (Wildman–Crippen LogP) is 2.81. The average molecular weight is 348 g/mol. The highest BCUT2D eigenvalue weighted by atomic mass is 32.2. The lowest BCUT2D eigenvalue weighted by Gasteiger charge is -2.39. The van der Waals surface area contributed by atoms with Crippen molar-refractivity contribution in [2.45, 2.75) is 17.9 Å². The molecule has 1 heterocycles. The molecule has 3 rings (SSSR count). The van der Waals surface area contributed by atoms with Crippen molar-refractivity contribution >= 4 is 10.0 Å². The fourth-order valence-electron chi connectivity index (χ4n) is 3.03. The van der Waals surface area contributed by atoms with Crippen molar-refractivity contribution in [3.63, 3.8) is 0 Å². The molecule has 0 aromatic heterocycles. The summed E-state index contributed by atoms with van der Waals surface area (Å²) < 4.78 is 40.8. The van der Waals surface area contributed by atoms with Crippen LogP contribution in [0.25, 0.3) is 0 Å². The molecule has 4 nitrogen and oxygen atoms in total. The minimum Gasteiger partial charge on any atom is -0.297 e. The molecule has 24 heavy (non-hydrogen) atoms. The summed E-state index contributed by atoms with van der Waals surface area (Å²) in [5, 5.41) is 0. The molecule has 1 unspecified atom stereocenters. The highest BCUT2D eigenvalue weighted by Gasteiger charge is 2.33. The van der Waals surface area contributed by atoms with Gasteiger partial charge in [-0.2, -0.15) is 4.31 Å². The first-order valence-electron chi connectivity index (χ1n) is 7.91. The van der Waals surface area contributed by atoms with Crippen LogP contribution in [-0.4, -0.2) is 44.3 Å². The van der Waals surface area contributed by atoms with Crippen LogP contribution in [0.3, 0.4) is 0 Å². The summed E-state index contributed by atoms with van der Waals surface area (Å²) >= 11 is 0. The summed E-state index contributed by atoms with van der Waals surface area (Å²) in [5.41, 5.74) is 1.43. The molecule has 1 atom stereocenters. The Hall–Kier alpha value is -1.76. The highest BCUT2D eigenvalue weighted by molar-refractivity contribution is 7.89. The molecule has 2 aromatic carbocycles. The Morgan fingerprint density at radius 3 is 2.46 bits per heavy atom. The van der Waals surface area contributed by atoms with E-state index in [2.05, 4.69) is 4.90 Å². The van der Waals surface area contributed by atoms with Crippen LogP contribution >= 0.6 is 0 Å². The van der Waals surface area contributed by atoms with Gasteiger partial charge in [0, 0.05) is 25.7 Å². The lowest BCUT2D eigenvalue weighted by Crippen LogP contribution is -2.48. The molecule has 0 radical (unpaired) electrons. The van der Waals surface area contributed by atoms with Gasteiger partial charge in [-0.1, -0.05) is 30.3 Å². The van der Waals surface area contributed by atoms with Crippen molar-refractivity contribution in [3.05, 3.63) is 65.5 Å². The summed E-state index contributed by atoms with van der Waals surface area (Å²) in [4.78, 5) is 2.31. The van der Waals surface area contributed by atoms with Gasteiger partial charge in [0.15, 0.2) is 0 Å². The second kappa shape index (κ2) is 6.63. The number of nitrogens with zero attached hydrogens (tertiary/aromatic N) is 2. The van der Waals surface area contributed by atoms with Crippen molar-refractivity contribution < 1.29 is 12.8 Å². The molecule has 128 valence electrons. The van der Waals surface area contributed by atoms with Gasteiger partial charge in [0.25, 0.3) is 0 Å². The monoisotopic (exact) mass is 348 g/mol. The van der Waals surface area contributed by atoms with E-state index in [1.807, 2.05) is 37.4 Å². The number of hydrogen-bond acceptors (Lipinski definition) is 3. The second-order valence-electron chi connectivity index (χ2n) is 6.18. The Kier molecular flexibility index (Phi) is 4.71. The Bertz CT molecular complexity index is 824. The van der Waals surface area contributed by atoms with Crippen molar-refractivity contribution in [2.24, 2.45) is 0 Å². The maximum absolute atomic E-state index is 13.4. The summed E-state index contributed by atoms with van der Waals surface area (Å²) in [6.07, 6.45) is 0. The molecular formula is C18H21FN2O2S. The first-order chi connectivity index (χ1) is 11.4. The quantitative estimate of drug-likeness (QED) is 0.856. The average Bonchev–Trinajstić information content (AvgIpc) is 2.58. The molecule has 6 heteroatoms. The first-order valence-corrected chi connectivity index (χ1v) is 9.35. The van der Waals surface area contributed by atoms with E-state index >= 15 is 0 Å². The molecule has 2 aromatic rings. The summed E-state index contributed by atoms with van der Waals surface area (Å²) in [5.74, 6) is -0.394. The number of benzene rings is 2. The van der Waals surface area contributed by atoms with Gasteiger partial charge in [0.2, 0.25) is 10.0 Å². The fourth-order valence-corrected chi connectivity index (χ4v) is 4.55. The van der Waals surface area contributed by atoms with Crippen LogP contribution in [0.5, 0.6) is 0 Å². The minimum atomic E-state index is -3.63. The van der Waals surface area contributed by atoms with Crippen LogP contribution in [0.2, 0.25) is 0 Å². The van der Waals surface area contributed by atoms with E-state index < -0.39 is 15.8 Å². The van der Waals surface area contributed by atoms with Gasteiger partial charge < -0.3 is 0 Å². The molecule has 0 spiro atoms. The van der Waals surface area contributed by atoms with Crippen molar-refractivity contribution in [3.8, 4) is 0 Å². The van der Waals surface area contributed by atoms with Gasteiger partial charge in [0.05, 0.1) is 4.90 Å². The molecule has 1 saturated heterocycles. The molecule has 0 bridgehead atoms. The van der Waals surface area contributed by atoms with Gasteiger partial charge in [-0.25, -0.2) is 12.8 Å². The zero-order chi connectivity index (χ0) is 17.3. The van der Waals surface area contributed by atoms with Crippen LogP contribution in [0.4, 0.5) is 4.39 Å². The topological polar surface area (TPSA) is 40.6 Å². The lowest BCUT2D eigenvalue weighted by atomic mass is 10.0. The number of likely N-dealkylation sites (N-methyl/N-ethyl adjacent to an activating group) is 1. The molecular weight excluding hydrogens is 327 g/mol. The number of rotatable bonds is 3. The third-order valence-electron chi connectivity index (χ3n) is 4.56. The molecule has 0 N–H and O–H groups in total. The minimum absolute atomic E-state index is 0.0104. The zero-order valence-corrected chi connectivity index (χ0v) is 14.6. The molecule has 0 aliphatic carbocycles. The Morgan fingerprint density at radius 1 is 1.08 bits per heavy atom. The summed E-state index contributed by atoms with van der Waals surface area (Å²) in [6, 6.07) is 13.9. The van der Waals surface area contributed by atoms with Gasteiger partial charge >= 0.3 is 0 Å². The highest BCUT2D eigenvalue weighted by Crippen LogP contribution is 2.28. The van der Waals surface area contributed by atoms with Crippen LogP contribution in [0, 0.1) is 12.7 Å². The maximum Gasteiger partial charge on any atom is 0.243 e. The van der Waals surface area contributed by atoms with Gasteiger partial charge in [0.1, 0.15) is 5.82 Å². The van der Waals surface area contributed by atoms with E-state index in [1.54, 1.807) is 6.92 Å². The van der Waals surface area contributed by atoms with Crippen LogP contribution in [0.1, 0.15) is 17.2 Å². The van der Waals surface area contributed by atoms with Gasteiger partial charge in [-0.05, 0) is 43.3 Å². The van der Waals surface area contributed by atoms with Crippen molar-refractivity contribution in [1.82, 2.24) is 9.21 Å². The van der Waals surface area contributed by atoms with E-state index in [0.717, 1.165) is 5.56 Å². The Balaban J connectivity index is 1.89. The van der Waals surface area contributed by atoms with E-state index in [0.29, 0.717) is 25.2 Å². The van der Waals surface area contributed by atoms with Crippen LogP contribution < -0.4 is 0 Å². The zero-order valence-electron chi connectivity index (χ0n) is 13.8. The van der Waals surface area contributed by atoms with Gasteiger partial charge in [-0.15, -0.1) is 0 Å². The van der Waals surface area contributed by atoms with Crippen LogP contribution in [-0.2, 0) is 10.0 Å². The third-order valence-corrected chi connectivity index (χ3v) is 6.42. The lowest BCUT2D eigenvalue weighted by molar-refractivity contribution is 0.148. The summed E-state index contributed by atoms with van der Waals surface area (Å²) in [7, 11) is -1.62. The number of sulfonamides is 1. The second-order valence-corrected chi connectivity index (χ2v) is 8.12. The van der Waals surface area contributed by atoms with E-state index in [1.165, 1.54) is 22.5 Å². The number of piperazine rings is 1. The number of halogens is 1. The normalized spacial score (nSPS) is 20.2. The first kappa shape index (κ1) is 17.1. The van der Waals surface area contributed by atoms with Crippen molar-refractivity contribution in [1.29, 1.82) is 0 Å². The van der Waals surface area contributed by atoms with E-state index in [-0.39, 0.29) is 10.9 Å². The predicted molar refractivity (Wildman–Crippen MR) is 91.7 cm³/mol. The summed E-state index contributed by atoms with van der Waals surface area (Å²) in [6.45, 7) is 3.04. The molecule has 0 saturated carbocycles. The molecule has 0 amide bonds. The largest absolute Gasteiger partial charge is 0.297 e. The molecule has 1 fully saturated rings. The number of hydrogen-bond donors (Lipinski definition) is 0. The maximum atomic E-state index is 13.4. The third kappa shape index (κ3) is 3.22. The van der Waals surface area contributed by atoms with Crippen molar-refractivity contribution in [2.75, 3.05) is 26.7 Å². The van der Waals surface area contributed by atoms with Gasteiger partial charge in [-0.3, -0.25) is 4.90 Å². The molecule has 1 aliphatic heterocycles. The SMILES string of the molecule is Cc1cc(S(=O)(=O)N2CCN(C)C(c3ccccc3)C2)ccc1F. The van der Waals surface area contributed by atoms with E-state index in [4.69, 9.17) is 0 Å². The Labute approximate surface area is 142 Å². The number of aryl methyl sites for hydroxylation is 1. The Morgan fingerprint density at radius 2 is 1.79 bits per heavy atom. The fraction of sp³-hybridized carbons (Fsp3) is 0.333. The smallest absolute Gasteiger partial charge is 0.243 e.